The van der Waals surface area contributed by atoms with Crippen LogP contribution >= 0.6 is 11.6 Å². The van der Waals surface area contributed by atoms with Gasteiger partial charge in [-0.05, 0) is 29.3 Å². The predicted octanol–water partition coefficient (Wildman–Crippen LogP) is 5.44. The lowest BCUT2D eigenvalue weighted by molar-refractivity contribution is 0.0253. The molecule has 0 saturated heterocycles. The summed E-state index contributed by atoms with van der Waals surface area (Å²) in [6, 6.07) is 28.3. The minimum Gasteiger partial charge on any atom is -0.491 e. The smallest absolute Gasteiger partial charge is 0.119 e. The Hall–Kier alpha value is -2.33. The molecule has 3 aromatic rings. The summed E-state index contributed by atoms with van der Waals surface area (Å²) in [6.07, 6.45) is -0.0496. The van der Waals surface area contributed by atoms with Crippen LogP contribution in [0.5, 0.6) is 5.75 Å². The van der Waals surface area contributed by atoms with E-state index in [2.05, 4.69) is 35.2 Å². The van der Waals surface area contributed by atoms with Gasteiger partial charge in [-0.1, -0.05) is 78.3 Å². The summed E-state index contributed by atoms with van der Waals surface area (Å²) in [6.45, 7) is 2.80. The van der Waals surface area contributed by atoms with Crippen molar-refractivity contribution in [2.24, 2.45) is 0 Å². The maximum Gasteiger partial charge on any atom is 0.119 e. The van der Waals surface area contributed by atoms with Gasteiger partial charge in [0, 0.05) is 31.8 Å². The summed E-state index contributed by atoms with van der Waals surface area (Å²) in [4.78, 5) is 2.35. The molecule has 146 valence electrons. The number of hydrogen-bond acceptors (Lipinski definition) is 3. The lowest BCUT2D eigenvalue weighted by Gasteiger charge is -2.27. The van der Waals surface area contributed by atoms with Crippen LogP contribution in [0.2, 0.25) is 5.02 Å². The van der Waals surface area contributed by atoms with Crippen molar-refractivity contribution in [3.63, 3.8) is 0 Å². The number of methoxy groups -OCH3 is 1. The molecule has 3 nitrogen and oxygen atoms in total. The average molecular weight is 396 g/mol. The first-order valence-electron chi connectivity index (χ1n) is 9.45. The maximum atomic E-state index is 6.40. The van der Waals surface area contributed by atoms with Gasteiger partial charge >= 0.3 is 0 Å². The molecule has 0 fully saturated rings. The van der Waals surface area contributed by atoms with E-state index < -0.39 is 0 Å². The van der Waals surface area contributed by atoms with E-state index in [0.717, 1.165) is 36.0 Å². The molecule has 0 bridgehead atoms. The van der Waals surface area contributed by atoms with E-state index in [1.807, 2.05) is 54.6 Å². The Morgan fingerprint density at radius 2 is 1.46 bits per heavy atom. The first-order valence-corrected chi connectivity index (χ1v) is 9.82. The first-order chi connectivity index (χ1) is 13.7. The quantitative estimate of drug-likeness (QED) is 0.456. The van der Waals surface area contributed by atoms with Gasteiger partial charge in [0.1, 0.15) is 18.5 Å². The molecule has 1 atom stereocenters. The van der Waals surface area contributed by atoms with Crippen LogP contribution in [0.25, 0.3) is 0 Å². The number of ether oxygens (including phenoxy) is 2. The monoisotopic (exact) mass is 395 g/mol. The van der Waals surface area contributed by atoms with Crippen molar-refractivity contribution in [1.29, 1.82) is 0 Å². The molecule has 0 aliphatic rings. The predicted molar refractivity (Wildman–Crippen MR) is 115 cm³/mol. The molecule has 3 aromatic carbocycles. The highest BCUT2D eigenvalue weighted by Crippen LogP contribution is 2.19. The van der Waals surface area contributed by atoms with Gasteiger partial charge in [-0.2, -0.15) is 0 Å². The molecule has 0 N–H and O–H groups in total. The highest BCUT2D eigenvalue weighted by molar-refractivity contribution is 6.31. The highest BCUT2D eigenvalue weighted by Gasteiger charge is 2.17. The molecule has 3 rings (SSSR count). The summed E-state index contributed by atoms with van der Waals surface area (Å²) in [5.41, 5.74) is 2.37. The molecular formula is C24H26ClNO2. The van der Waals surface area contributed by atoms with E-state index in [-0.39, 0.29) is 6.10 Å². The van der Waals surface area contributed by atoms with Gasteiger partial charge < -0.3 is 9.47 Å². The zero-order chi connectivity index (χ0) is 19.6. The second-order valence-corrected chi connectivity index (χ2v) is 7.14. The second kappa shape index (κ2) is 10.9. The number of para-hydroxylation sites is 1. The fourth-order valence-electron chi connectivity index (χ4n) is 3.08. The van der Waals surface area contributed by atoms with Crippen molar-refractivity contribution in [1.82, 2.24) is 4.90 Å². The topological polar surface area (TPSA) is 21.7 Å². The molecule has 0 aliphatic heterocycles. The fraction of sp³-hybridized carbons (Fsp3) is 0.250. The van der Waals surface area contributed by atoms with Crippen molar-refractivity contribution in [3.05, 3.63) is 101 Å². The number of benzene rings is 3. The maximum absolute atomic E-state index is 6.40. The van der Waals surface area contributed by atoms with Gasteiger partial charge in [-0.15, -0.1) is 0 Å². The second-order valence-electron chi connectivity index (χ2n) is 6.73. The van der Waals surface area contributed by atoms with Crippen LogP contribution in [0.15, 0.2) is 84.9 Å². The third kappa shape index (κ3) is 6.38. The zero-order valence-corrected chi connectivity index (χ0v) is 16.9. The van der Waals surface area contributed by atoms with E-state index in [9.17, 15) is 0 Å². The van der Waals surface area contributed by atoms with Crippen molar-refractivity contribution >= 4 is 11.6 Å². The average Bonchev–Trinajstić information content (AvgIpc) is 2.74. The molecular weight excluding hydrogens is 370 g/mol. The lowest BCUT2D eigenvalue weighted by Crippen LogP contribution is -2.36. The minimum absolute atomic E-state index is 0.0496. The van der Waals surface area contributed by atoms with Crippen molar-refractivity contribution < 1.29 is 9.47 Å². The summed E-state index contributed by atoms with van der Waals surface area (Å²) in [5.74, 6) is 0.852. The Morgan fingerprint density at radius 3 is 2.14 bits per heavy atom. The van der Waals surface area contributed by atoms with Crippen LogP contribution in [0.1, 0.15) is 11.1 Å². The van der Waals surface area contributed by atoms with Crippen LogP contribution in [0.4, 0.5) is 0 Å². The standard InChI is InChI=1S/C24H26ClNO2/c1-27-23(19-28-22-13-6-3-7-14-22)18-26(16-20-10-4-2-5-11-20)17-21-12-8-9-15-24(21)25/h2-15,23H,16-19H2,1H3. The van der Waals surface area contributed by atoms with Crippen LogP contribution in [-0.4, -0.2) is 31.3 Å². The minimum atomic E-state index is -0.0496. The molecule has 0 amide bonds. The number of rotatable bonds is 10. The summed E-state index contributed by atoms with van der Waals surface area (Å²) in [7, 11) is 1.73. The zero-order valence-electron chi connectivity index (χ0n) is 16.1. The van der Waals surface area contributed by atoms with Gasteiger partial charge in [0.2, 0.25) is 0 Å². The summed E-state index contributed by atoms with van der Waals surface area (Å²) in [5, 5.41) is 0.787. The first kappa shape index (κ1) is 20.4. The van der Waals surface area contributed by atoms with Crippen molar-refractivity contribution in [2.45, 2.75) is 19.2 Å². The van der Waals surface area contributed by atoms with E-state index in [1.54, 1.807) is 7.11 Å². The number of halogens is 1. The Bertz CT molecular complexity index is 826. The molecule has 0 spiro atoms. The van der Waals surface area contributed by atoms with Crippen LogP contribution < -0.4 is 4.74 Å². The van der Waals surface area contributed by atoms with Gasteiger partial charge in [-0.25, -0.2) is 0 Å². The molecule has 0 aromatic heterocycles. The van der Waals surface area contributed by atoms with Crippen LogP contribution in [0.3, 0.4) is 0 Å². The van der Waals surface area contributed by atoms with Gasteiger partial charge in [-0.3, -0.25) is 4.90 Å². The van der Waals surface area contributed by atoms with Gasteiger partial charge in [0.05, 0.1) is 0 Å². The largest absolute Gasteiger partial charge is 0.491 e. The molecule has 28 heavy (non-hydrogen) atoms. The highest BCUT2D eigenvalue weighted by atomic mass is 35.5. The van der Waals surface area contributed by atoms with Crippen molar-refractivity contribution in [2.75, 3.05) is 20.3 Å². The van der Waals surface area contributed by atoms with Crippen LogP contribution in [0, 0.1) is 0 Å². The number of hydrogen-bond donors (Lipinski definition) is 0. The summed E-state index contributed by atoms with van der Waals surface area (Å²) >= 11 is 6.40. The Labute approximate surface area is 172 Å². The normalized spacial score (nSPS) is 12.1. The fourth-order valence-corrected chi connectivity index (χ4v) is 3.28. The van der Waals surface area contributed by atoms with Gasteiger partial charge in [0.15, 0.2) is 0 Å². The van der Waals surface area contributed by atoms with Crippen LogP contribution in [-0.2, 0) is 17.8 Å². The number of nitrogens with zero attached hydrogens (tertiary/aromatic N) is 1. The molecule has 0 saturated carbocycles. The van der Waals surface area contributed by atoms with Crippen molar-refractivity contribution in [3.8, 4) is 5.75 Å². The van der Waals surface area contributed by atoms with Gasteiger partial charge in [0.25, 0.3) is 0 Å². The molecule has 1 unspecified atom stereocenters. The SMILES string of the molecule is COC(COc1ccccc1)CN(Cc1ccccc1)Cc1ccccc1Cl. The molecule has 4 heteroatoms. The third-order valence-corrected chi connectivity index (χ3v) is 4.94. The van der Waals surface area contributed by atoms with E-state index in [0.29, 0.717) is 6.61 Å². The summed E-state index contributed by atoms with van der Waals surface area (Å²) < 4.78 is 11.6. The van der Waals surface area contributed by atoms with E-state index in [1.165, 1.54) is 5.56 Å². The molecule has 0 radical (unpaired) electrons. The Balaban J connectivity index is 1.68. The molecule has 0 aliphatic carbocycles. The Kier molecular flexibility index (Phi) is 7.92. The van der Waals surface area contributed by atoms with E-state index >= 15 is 0 Å². The third-order valence-electron chi connectivity index (χ3n) is 4.58. The Morgan fingerprint density at radius 1 is 0.821 bits per heavy atom. The molecule has 0 heterocycles. The van der Waals surface area contributed by atoms with E-state index in [4.69, 9.17) is 21.1 Å². The lowest BCUT2D eigenvalue weighted by atomic mass is 10.1.